The Bertz CT molecular complexity index is 567. The monoisotopic (exact) mass is 286 g/mol. The van der Waals surface area contributed by atoms with E-state index in [1.165, 1.54) is 11.1 Å². The van der Waals surface area contributed by atoms with E-state index in [1.807, 2.05) is 13.0 Å². The normalized spacial score (nSPS) is 10.4. The third-order valence-electron chi connectivity index (χ3n) is 3.71. The maximum Gasteiger partial charge on any atom is 0.134 e. The van der Waals surface area contributed by atoms with Crippen LogP contribution in [0.4, 0.5) is 0 Å². The molecule has 0 bridgehead atoms. The Morgan fingerprint density at radius 2 is 1.71 bits per heavy atom. The molecular formula is C18H24NO2+. The fourth-order valence-corrected chi connectivity index (χ4v) is 2.57. The van der Waals surface area contributed by atoms with Crippen molar-refractivity contribution in [3.05, 3.63) is 59.2 Å². The zero-order valence-electron chi connectivity index (χ0n) is 13.1. The Labute approximate surface area is 126 Å². The van der Waals surface area contributed by atoms with Crippen molar-refractivity contribution in [2.45, 2.75) is 19.9 Å². The maximum absolute atomic E-state index is 5.53. The molecule has 2 aromatic rings. The fraction of sp³-hybridized carbons (Fsp3) is 0.333. The number of methoxy groups -OCH3 is 2. The SMILES string of the molecule is COc1ccc(C[NH2+]CCc2ccccc2)c(OC)c1C. The second-order valence-corrected chi connectivity index (χ2v) is 5.10. The first-order chi connectivity index (χ1) is 10.3. The lowest BCUT2D eigenvalue weighted by Crippen LogP contribution is -2.83. The van der Waals surface area contributed by atoms with Gasteiger partial charge in [-0.15, -0.1) is 0 Å². The standard InChI is InChI=1S/C18H23NO2/c1-14-17(20-2)10-9-16(18(14)21-3)13-19-12-11-15-7-5-4-6-8-15/h4-10,19H,11-13H2,1-3H3/p+1. The first-order valence-electron chi connectivity index (χ1n) is 7.32. The van der Waals surface area contributed by atoms with Crippen LogP contribution in [0.5, 0.6) is 11.5 Å². The minimum Gasteiger partial charge on any atom is -0.496 e. The zero-order chi connectivity index (χ0) is 15.1. The highest BCUT2D eigenvalue weighted by atomic mass is 16.5. The van der Waals surface area contributed by atoms with Crippen molar-refractivity contribution < 1.29 is 14.8 Å². The van der Waals surface area contributed by atoms with Gasteiger partial charge in [0.15, 0.2) is 0 Å². The molecule has 0 aromatic heterocycles. The highest BCUT2D eigenvalue weighted by molar-refractivity contribution is 5.48. The van der Waals surface area contributed by atoms with Crippen LogP contribution >= 0.6 is 0 Å². The smallest absolute Gasteiger partial charge is 0.134 e. The van der Waals surface area contributed by atoms with E-state index in [4.69, 9.17) is 9.47 Å². The van der Waals surface area contributed by atoms with Crippen molar-refractivity contribution >= 4 is 0 Å². The summed E-state index contributed by atoms with van der Waals surface area (Å²) in [5.74, 6) is 1.81. The van der Waals surface area contributed by atoms with Gasteiger partial charge in [-0.2, -0.15) is 0 Å². The van der Waals surface area contributed by atoms with Gasteiger partial charge in [-0.25, -0.2) is 0 Å². The molecule has 0 spiro atoms. The van der Waals surface area contributed by atoms with Gasteiger partial charge in [0.2, 0.25) is 0 Å². The molecule has 0 saturated carbocycles. The lowest BCUT2D eigenvalue weighted by Gasteiger charge is -2.13. The van der Waals surface area contributed by atoms with Gasteiger partial charge in [0, 0.05) is 17.5 Å². The zero-order valence-corrected chi connectivity index (χ0v) is 13.1. The van der Waals surface area contributed by atoms with E-state index >= 15 is 0 Å². The van der Waals surface area contributed by atoms with Crippen molar-refractivity contribution in [2.24, 2.45) is 0 Å². The molecule has 2 N–H and O–H groups in total. The third-order valence-corrected chi connectivity index (χ3v) is 3.71. The number of ether oxygens (including phenoxy) is 2. The lowest BCUT2D eigenvalue weighted by molar-refractivity contribution is -0.670. The predicted molar refractivity (Wildman–Crippen MR) is 84.9 cm³/mol. The highest BCUT2D eigenvalue weighted by Gasteiger charge is 2.12. The fourth-order valence-electron chi connectivity index (χ4n) is 2.57. The van der Waals surface area contributed by atoms with Crippen LogP contribution in [-0.2, 0) is 13.0 Å². The summed E-state index contributed by atoms with van der Waals surface area (Å²) in [5, 5.41) is 2.32. The number of hydrogen-bond acceptors (Lipinski definition) is 2. The predicted octanol–water partition coefficient (Wildman–Crippen LogP) is 2.32. The van der Waals surface area contributed by atoms with E-state index in [-0.39, 0.29) is 0 Å². The van der Waals surface area contributed by atoms with Gasteiger partial charge < -0.3 is 14.8 Å². The Balaban J connectivity index is 1.92. The molecular weight excluding hydrogens is 262 g/mol. The van der Waals surface area contributed by atoms with Crippen LogP contribution < -0.4 is 14.8 Å². The summed E-state index contributed by atoms with van der Waals surface area (Å²) in [5.41, 5.74) is 3.66. The molecule has 3 nitrogen and oxygen atoms in total. The molecule has 0 saturated heterocycles. The van der Waals surface area contributed by atoms with E-state index in [2.05, 4.69) is 41.7 Å². The highest BCUT2D eigenvalue weighted by Crippen LogP contribution is 2.30. The van der Waals surface area contributed by atoms with Crippen LogP contribution in [0, 0.1) is 6.92 Å². The molecule has 112 valence electrons. The van der Waals surface area contributed by atoms with E-state index in [1.54, 1.807) is 14.2 Å². The third kappa shape index (κ3) is 3.99. The Hall–Kier alpha value is -2.00. The molecule has 0 aliphatic rings. The molecule has 0 radical (unpaired) electrons. The molecule has 3 heteroatoms. The first kappa shape index (κ1) is 15.4. The molecule has 2 aromatic carbocycles. The van der Waals surface area contributed by atoms with Gasteiger partial charge in [0.1, 0.15) is 18.0 Å². The van der Waals surface area contributed by atoms with Crippen LogP contribution in [0.2, 0.25) is 0 Å². The second-order valence-electron chi connectivity index (χ2n) is 5.10. The summed E-state index contributed by atoms with van der Waals surface area (Å²) in [6.07, 6.45) is 1.08. The average Bonchev–Trinajstić information content (AvgIpc) is 2.53. The topological polar surface area (TPSA) is 35.1 Å². The van der Waals surface area contributed by atoms with Crippen molar-refractivity contribution in [3.8, 4) is 11.5 Å². The molecule has 0 fully saturated rings. The lowest BCUT2D eigenvalue weighted by atomic mass is 10.1. The van der Waals surface area contributed by atoms with Crippen LogP contribution in [0.15, 0.2) is 42.5 Å². The van der Waals surface area contributed by atoms with Crippen LogP contribution in [0.25, 0.3) is 0 Å². The summed E-state index contributed by atoms with van der Waals surface area (Å²) >= 11 is 0. The maximum atomic E-state index is 5.53. The average molecular weight is 286 g/mol. The molecule has 0 aliphatic carbocycles. The Kier molecular flexibility index (Phi) is 5.64. The summed E-state index contributed by atoms with van der Waals surface area (Å²) < 4.78 is 10.9. The van der Waals surface area contributed by atoms with Crippen molar-refractivity contribution in [1.82, 2.24) is 0 Å². The van der Waals surface area contributed by atoms with Gasteiger partial charge in [-0.3, -0.25) is 0 Å². The number of quaternary nitrogens is 1. The number of benzene rings is 2. The van der Waals surface area contributed by atoms with E-state index in [0.29, 0.717) is 0 Å². The van der Waals surface area contributed by atoms with E-state index in [0.717, 1.165) is 36.6 Å². The van der Waals surface area contributed by atoms with Crippen LogP contribution in [0.3, 0.4) is 0 Å². The molecule has 0 amide bonds. The largest absolute Gasteiger partial charge is 0.496 e. The van der Waals surface area contributed by atoms with Crippen molar-refractivity contribution in [1.29, 1.82) is 0 Å². The minimum atomic E-state index is 0.875. The Morgan fingerprint density at radius 1 is 0.952 bits per heavy atom. The molecule has 0 aliphatic heterocycles. The summed E-state index contributed by atoms with van der Waals surface area (Å²) in [4.78, 5) is 0. The number of hydrogen-bond donors (Lipinski definition) is 1. The van der Waals surface area contributed by atoms with Gasteiger partial charge in [-0.1, -0.05) is 30.3 Å². The van der Waals surface area contributed by atoms with Gasteiger partial charge >= 0.3 is 0 Å². The quantitative estimate of drug-likeness (QED) is 0.793. The molecule has 0 unspecified atom stereocenters. The van der Waals surface area contributed by atoms with Gasteiger partial charge in [-0.05, 0) is 24.6 Å². The van der Waals surface area contributed by atoms with Gasteiger partial charge in [0.05, 0.1) is 20.8 Å². The Morgan fingerprint density at radius 3 is 2.38 bits per heavy atom. The van der Waals surface area contributed by atoms with Crippen LogP contribution in [-0.4, -0.2) is 20.8 Å². The number of rotatable bonds is 7. The summed E-state index contributed by atoms with van der Waals surface area (Å²) in [6, 6.07) is 14.7. The summed E-state index contributed by atoms with van der Waals surface area (Å²) in [6.45, 7) is 4.02. The summed E-state index contributed by atoms with van der Waals surface area (Å²) in [7, 11) is 3.41. The molecule has 21 heavy (non-hydrogen) atoms. The molecule has 0 heterocycles. The first-order valence-corrected chi connectivity index (χ1v) is 7.32. The van der Waals surface area contributed by atoms with E-state index in [9.17, 15) is 0 Å². The van der Waals surface area contributed by atoms with Crippen molar-refractivity contribution in [3.63, 3.8) is 0 Å². The van der Waals surface area contributed by atoms with Crippen LogP contribution in [0.1, 0.15) is 16.7 Å². The van der Waals surface area contributed by atoms with E-state index < -0.39 is 0 Å². The minimum absolute atomic E-state index is 0.875. The molecule has 0 atom stereocenters. The van der Waals surface area contributed by atoms with Crippen molar-refractivity contribution in [2.75, 3.05) is 20.8 Å². The second kappa shape index (κ2) is 7.70. The van der Waals surface area contributed by atoms with Gasteiger partial charge in [0.25, 0.3) is 0 Å². The molecule has 2 rings (SSSR count). The number of nitrogens with two attached hydrogens (primary N) is 1.